The molecule has 0 aromatic heterocycles. The van der Waals surface area contributed by atoms with Crippen LogP contribution in [0.3, 0.4) is 0 Å². The zero-order chi connectivity index (χ0) is 24.2. The summed E-state index contributed by atoms with van der Waals surface area (Å²) in [7, 11) is 0. The molecule has 6 heteroatoms. The minimum atomic E-state index is -1.53. The highest BCUT2D eigenvalue weighted by atomic mass is 16.4. The molecule has 32 heavy (non-hydrogen) atoms. The molecule has 0 fully saturated rings. The molecule has 0 aliphatic carbocycles. The van der Waals surface area contributed by atoms with E-state index in [9.17, 15) is 14.7 Å². The topological polar surface area (TPSA) is 107 Å². The Labute approximate surface area is 196 Å². The van der Waals surface area contributed by atoms with E-state index in [4.69, 9.17) is 11.0 Å². The molecule has 1 amide bonds. The molecular formula is C26H49N3O3. The Kier molecular flexibility index (Phi) is 18.0. The number of aliphatic carboxylic acids is 1. The molecule has 0 aromatic carbocycles. The van der Waals surface area contributed by atoms with Crippen molar-refractivity contribution >= 4 is 11.9 Å². The molecular weight excluding hydrogens is 402 g/mol. The fraction of sp³-hybridized carbons (Fsp3) is 0.885. The molecule has 0 radical (unpaired) electrons. The highest BCUT2D eigenvalue weighted by molar-refractivity contribution is 5.89. The maximum atomic E-state index is 12.5. The van der Waals surface area contributed by atoms with Gasteiger partial charge >= 0.3 is 5.97 Å². The molecule has 6 nitrogen and oxygen atoms in total. The normalized spacial score (nSPS) is 13.8. The summed E-state index contributed by atoms with van der Waals surface area (Å²) in [6.07, 6.45) is 19.9. The second-order valence-corrected chi connectivity index (χ2v) is 9.50. The summed E-state index contributed by atoms with van der Waals surface area (Å²) in [4.78, 5) is 25.6. The molecule has 0 bridgehead atoms. The Hall–Kier alpha value is -1.61. The summed E-state index contributed by atoms with van der Waals surface area (Å²) in [5, 5.41) is 18.7. The predicted octanol–water partition coefficient (Wildman–Crippen LogP) is 6.18. The number of carboxylic acids is 1. The summed E-state index contributed by atoms with van der Waals surface area (Å²) in [5.41, 5.74) is 4.19. The van der Waals surface area contributed by atoms with Crippen molar-refractivity contribution in [2.45, 2.75) is 142 Å². The largest absolute Gasteiger partial charge is 0.479 e. The number of hydrogen-bond donors (Lipinski definition) is 2. The average Bonchev–Trinajstić information content (AvgIpc) is 2.75. The van der Waals surface area contributed by atoms with Crippen molar-refractivity contribution in [1.29, 1.82) is 5.26 Å². The fourth-order valence-corrected chi connectivity index (χ4v) is 4.10. The van der Waals surface area contributed by atoms with Gasteiger partial charge in [0.1, 0.15) is 0 Å². The van der Waals surface area contributed by atoms with Crippen molar-refractivity contribution in [3.63, 3.8) is 0 Å². The average molecular weight is 452 g/mol. The molecule has 186 valence electrons. The van der Waals surface area contributed by atoms with Gasteiger partial charge < -0.3 is 15.7 Å². The Bertz CT molecular complexity index is 545. The van der Waals surface area contributed by atoms with Crippen molar-refractivity contribution < 1.29 is 14.7 Å². The number of amides is 1. The molecule has 0 aliphatic heterocycles. The van der Waals surface area contributed by atoms with Crippen LogP contribution in [-0.4, -0.2) is 40.0 Å². The first-order chi connectivity index (χ1) is 15.3. The molecule has 0 aromatic rings. The maximum absolute atomic E-state index is 12.5. The molecule has 0 aliphatic rings. The van der Waals surface area contributed by atoms with E-state index >= 15 is 0 Å². The summed E-state index contributed by atoms with van der Waals surface area (Å²) in [6, 6.07) is 1.12. The number of nitrogens with two attached hydrogens (primary N) is 1. The first-order valence-corrected chi connectivity index (χ1v) is 13.0. The van der Waals surface area contributed by atoms with Crippen LogP contribution in [0.1, 0.15) is 130 Å². The van der Waals surface area contributed by atoms with E-state index in [1.807, 2.05) is 6.07 Å². The van der Waals surface area contributed by atoms with E-state index in [-0.39, 0.29) is 6.42 Å². The highest BCUT2D eigenvalue weighted by Gasteiger charge is 2.42. The Morgan fingerprint density at radius 2 is 1.25 bits per heavy atom. The van der Waals surface area contributed by atoms with Crippen LogP contribution >= 0.6 is 0 Å². The molecule has 0 saturated heterocycles. The summed E-state index contributed by atoms with van der Waals surface area (Å²) in [5.74, 6) is -1.57. The van der Waals surface area contributed by atoms with E-state index in [2.05, 4.69) is 6.92 Å². The quantitative estimate of drug-likeness (QED) is 0.203. The second-order valence-electron chi connectivity index (χ2n) is 9.50. The van der Waals surface area contributed by atoms with Gasteiger partial charge in [0.2, 0.25) is 5.91 Å². The second kappa shape index (κ2) is 18.9. The monoisotopic (exact) mass is 451 g/mol. The Balaban J connectivity index is 3.94. The molecule has 0 heterocycles. The SMILES string of the molecule is CCCCCCCCCCCCCCCCCCN(C(=O)[C@@H](C)N)[C@](C)(CC#N)C(=O)O. The Morgan fingerprint density at radius 1 is 0.875 bits per heavy atom. The van der Waals surface area contributed by atoms with Crippen molar-refractivity contribution in [1.82, 2.24) is 4.90 Å². The summed E-state index contributed by atoms with van der Waals surface area (Å²) < 4.78 is 0. The Morgan fingerprint density at radius 3 is 1.56 bits per heavy atom. The lowest BCUT2D eigenvalue weighted by Crippen LogP contribution is -2.58. The van der Waals surface area contributed by atoms with Gasteiger partial charge in [-0.2, -0.15) is 5.26 Å². The lowest BCUT2D eigenvalue weighted by molar-refractivity contribution is -0.158. The van der Waals surface area contributed by atoms with Gasteiger partial charge in [0.15, 0.2) is 5.54 Å². The molecule has 2 atom stereocenters. The van der Waals surface area contributed by atoms with Gasteiger partial charge in [-0.05, 0) is 20.3 Å². The van der Waals surface area contributed by atoms with Crippen molar-refractivity contribution in [3.05, 3.63) is 0 Å². The third kappa shape index (κ3) is 13.1. The van der Waals surface area contributed by atoms with Crippen LogP contribution in [0.2, 0.25) is 0 Å². The van der Waals surface area contributed by atoms with Crippen LogP contribution in [0.4, 0.5) is 0 Å². The van der Waals surface area contributed by atoms with Crippen LogP contribution in [0.25, 0.3) is 0 Å². The number of carbonyl (C=O) groups is 2. The lowest BCUT2D eigenvalue weighted by atomic mass is 9.94. The molecule has 3 N–H and O–H groups in total. The van der Waals surface area contributed by atoms with Gasteiger partial charge in [-0.1, -0.05) is 103 Å². The smallest absolute Gasteiger partial charge is 0.330 e. The van der Waals surface area contributed by atoms with Gasteiger partial charge in [-0.25, -0.2) is 4.79 Å². The number of nitriles is 1. The molecule has 0 rings (SSSR count). The van der Waals surface area contributed by atoms with Crippen LogP contribution in [-0.2, 0) is 9.59 Å². The number of carboxylic acid groups (broad SMARTS) is 1. The predicted molar refractivity (Wildman–Crippen MR) is 131 cm³/mol. The zero-order valence-corrected chi connectivity index (χ0v) is 21.0. The minimum Gasteiger partial charge on any atom is -0.479 e. The van der Waals surface area contributed by atoms with Gasteiger partial charge in [0.05, 0.1) is 18.5 Å². The number of nitrogens with zero attached hydrogens (tertiary/aromatic N) is 2. The molecule has 0 spiro atoms. The van der Waals surface area contributed by atoms with Crippen LogP contribution in [0.5, 0.6) is 0 Å². The van der Waals surface area contributed by atoms with E-state index in [1.165, 1.54) is 95.3 Å². The third-order valence-corrected chi connectivity index (χ3v) is 6.37. The summed E-state index contributed by atoms with van der Waals surface area (Å²) in [6.45, 7) is 5.57. The number of rotatable bonds is 21. The van der Waals surface area contributed by atoms with Gasteiger partial charge in [0.25, 0.3) is 0 Å². The number of carbonyl (C=O) groups excluding carboxylic acids is 1. The first kappa shape index (κ1) is 30.4. The third-order valence-electron chi connectivity index (χ3n) is 6.37. The van der Waals surface area contributed by atoms with E-state index in [1.54, 1.807) is 6.92 Å². The van der Waals surface area contributed by atoms with E-state index < -0.39 is 23.5 Å². The minimum absolute atomic E-state index is 0.250. The fourth-order valence-electron chi connectivity index (χ4n) is 4.10. The molecule has 0 unspecified atom stereocenters. The standard InChI is InChI=1S/C26H49N3O3/c1-4-5-6-7-8-9-10-11-12-13-14-15-16-17-18-19-22-29(24(30)23(2)28)26(3,20-21-27)25(31)32/h23H,4-20,22,28H2,1-3H3,(H,31,32)/t23-,26-/m1/s1. The van der Waals surface area contributed by atoms with Crippen LogP contribution in [0, 0.1) is 11.3 Å². The summed E-state index contributed by atoms with van der Waals surface area (Å²) >= 11 is 0. The lowest BCUT2D eigenvalue weighted by Gasteiger charge is -2.37. The maximum Gasteiger partial charge on any atom is 0.330 e. The van der Waals surface area contributed by atoms with Crippen molar-refractivity contribution in [2.24, 2.45) is 5.73 Å². The number of hydrogen-bond acceptors (Lipinski definition) is 4. The van der Waals surface area contributed by atoms with E-state index in [0.29, 0.717) is 6.54 Å². The van der Waals surface area contributed by atoms with Gasteiger partial charge in [-0.3, -0.25) is 4.79 Å². The van der Waals surface area contributed by atoms with Crippen molar-refractivity contribution in [3.8, 4) is 6.07 Å². The first-order valence-electron chi connectivity index (χ1n) is 13.0. The van der Waals surface area contributed by atoms with Gasteiger partial charge in [0, 0.05) is 6.54 Å². The number of unbranched alkanes of at least 4 members (excludes halogenated alkanes) is 15. The molecule has 0 saturated carbocycles. The van der Waals surface area contributed by atoms with Crippen LogP contribution < -0.4 is 5.73 Å². The highest BCUT2D eigenvalue weighted by Crippen LogP contribution is 2.22. The van der Waals surface area contributed by atoms with Crippen molar-refractivity contribution in [2.75, 3.05) is 6.54 Å². The van der Waals surface area contributed by atoms with Crippen LogP contribution in [0.15, 0.2) is 0 Å². The van der Waals surface area contributed by atoms with E-state index in [0.717, 1.165) is 19.3 Å². The zero-order valence-electron chi connectivity index (χ0n) is 21.0. The van der Waals surface area contributed by atoms with Gasteiger partial charge in [-0.15, -0.1) is 0 Å².